The maximum absolute atomic E-state index is 10.9. The van der Waals surface area contributed by atoms with Crippen LogP contribution in [0.25, 0.3) is 0 Å². The molecule has 0 radical (unpaired) electrons. The first-order chi connectivity index (χ1) is 8.08. The zero-order valence-corrected chi connectivity index (χ0v) is 9.84. The topological polar surface area (TPSA) is 60.8 Å². The van der Waals surface area contributed by atoms with Crippen LogP contribution in [-0.2, 0) is 4.79 Å². The fourth-order valence-corrected chi connectivity index (χ4v) is 2.30. The number of rotatable bonds is 3. The van der Waals surface area contributed by atoms with Gasteiger partial charge in [0.1, 0.15) is 5.75 Å². The highest BCUT2D eigenvalue weighted by molar-refractivity contribution is 5.70. The van der Waals surface area contributed by atoms with E-state index in [0.29, 0.717) is 6.54 Å². The lowest BCUT2D eigenvalue weighted by Gasteiger charge is -2.24. The van der Waals surface area contributed by atoms with E-state index in [-0.39, 0.29) is 17.7 Å². The molecule has 17 heavy (non-hydrogen) atoms. The quantitative estimate of drug-likeness (QED) is 0.839. The number of hydrogen-bond donors (Lipinski definition) is 2. The van der Waals surface area contributed by atoms with Gasteiger partial charge in [0.05, 0.1) is 5.92 Å². The van der Waals surface area contributed by atoms with E-state index in [9.17, 15) is 9.90 Å². The largest absolute Gasteiger partial charge is 0.508 e. The molecule has 4 nitrogen and oxygen atoms in total. The summed E-state index contributed by atoms with van der Waals surface area (Å²) in [6, 6.07) is 7.29. The monoisotopic (exact) mass is 235 g/mol. The first-order valence-corrected chi connectivity index (χ1v) is 5.83. The minimum absolute atomic E-state index is 0.194. The summed E-state index contributed by atoms with van der Waals surface area (Å²) in [6.07, 6.45) is 0.720. The van der Waals surface area contributed by atoms with Gasteiger partial charge in [-0.1, -0.05) is 12.1 Å². The van der Waals surface area contributed by atoms with Crippen LogP contribution >= 0.6 is 0 Å². The Kier molecular flexibility index (Phi) is 3.33. The SMILES string of the molecule is CC(c1ccc(O)cc1)N1CCC(C(=O)O)C1. The Morgan fingerprint density at radius 2 is 2.06 bits per heavy atom. The van der Waals surface area contributed by atoms with Gasteiger partial charge in [-0.15, -0.1) is 0 Å². The van der Waals surface area contributed by atoms with Crippen LogP contribution in [0, 0.1) is 5.92 Å². The van der Waals surface area contributed by atoms with Crippen molar-refractivity contribution in [2.45, 2.75) is 19.4 Å². The minimum Gasteiger partial charge on any atom is -0.508 e. The van der Waals surface area contributed by atoms with Crippen molar-refractivity contribution in [2.24, 2.45) is 5.92 Å². The smallest absolute Gasteiger partial charge is 0.307 e. The Balaban J connectivity index is 2.04. The molecule has 2 unspecified atom stereocenters. The molecule has 1 aliphatic rings. The van der Waals surface area contributed by atoms with Crippen molar-refractivity contribution in [1.82, 2.24) is 4.90 Å². The molecule has 92 valence electrons. The number of likely N-dealkylation sites (tertiary alicyclic amines) is 1. The van der Waals surface area contributed by atoms with Crippen molar-refractivity contribution in [2.75, 3.05) is 13.1 Å². The molecule has 1 aromatic rings. The highest BCUT2D eigenvalue weighted by atomic mass is 16.4. The van der Waals surface area contributed by atoms with Gasteiger partial charge in [-0.3, -0.25) is 9.69 Å². The molecule has 0 amide bonds. The molecule has 1 aliphatic heterocycles. The van der Waals surface area contributed by atoms with Crippen LogP contribution in [0.1, 0.15) is 24.9 Å². The average molecular weight is 235 g/mol. The second-order valence-corrected chi connectivity index (χ2v) is 4.59. The van der Waals surface area contributed by atoms with Crippen LogP contribution in [0.3, 0.4) is 0 Å². The van der Waals surface area contributed by atoms with Crippen LogP contribution in [-0.4, -0.2) is 34.2 Å². The molecular weight excluding hydrogens is 218 g/mol. The first-order valence-electron chi connectivity index (χ1n) is 5.83. The Labute approximate surface area is 100 Å². The summed E-state index contributed by atoms with van der Waals surface area (Å²) < 4.78 is 0. The van der Waals surface area contributed by atoms with Gasteiger partial charge in [0.2, 0.25) is 0 Å². The number of carboxylic acid groups (broad SMARTS) is 1. The molecule has 2 N–H and O–H groups in total. The first kappa shape index (κ1) is 11.9. The van der Waals surface area contributed by atoms with Crippen molar-refractivity contribution < 1.29 is 15.0 Å². The van der Waals surface area contributed by atoms with Gasteiger partial charge in [-0.25, -0.2) is 0 Å². The van der Waals surface area contributed by atoms with Crippen molar-refractivity contribution >= 4 is 5.97 Å². The van der Waals surface area contributed by atoms with Gasteiger partial charge in [0.25, 0.3) is 0 Å². The number of nitrogens with zero attached hydrogens (tertiary/aromatic N) is 1. The van der Waals surface area contributed by atoms with Gasteiger partial charge in [-0.05, 0) is 37.6 Å². The van der Waals surface area contributed by atoms with Gasteiger partial charge >= 0.3 is 5.97 Å². The van der Waals surface area contributed by atoms with Crippen molar-refractivity contribution in [1.29, 1.82) is 0 Å². The maximum Gasteiger partial charge on any atom is 0.307 e. The van der Waals surface area contributed by atoms with Crippen molar-refractivity contribution in [3.05, 3.63) is 29.8 Å². The normalized spacial score (nSPS) is 22.5. The molecule has 0 spiro atoms. The zero-order chi connectivity index (χ0) is 12.4. The van der Waals surface area contributed by atoms with E-state index >= 15 is 0 Å². The summed E-state index contributed by atoms with van der Waals surface area (Å²) in [6.45, 7) is 3.49. The van der Waals surface area contributed by atoms with E-state index in [0.717, 1.165) is 18.5 Å². The van der Waals surface area contributed by atoms with E-state index in [4.69, 9.17) is 5.11 Å². The van der Waals surface area contributed by atoms with Crippen LogP contribution < -0.4 is 0 Å². The number of phenolic OH excluding ortho intramolecular Hbond substituents is 1. The molecular formula is C13H17NO3. The summed E-state index contributed by atoms with van der Waals surface area (Å²) in [5.41, 5.74) is 1.11. The number of aliphatic carboxylic acids is 1. The third-order valence-electron chi connectivity index (χ3n) is 3.49. The van der Waals surface area contributed by atoms with E-state index in [2.05, 4.69) is 11.8 Å². The lowest BCUT2D eigenvalue weighted by Crippen LogP contribution is -2.26. The summed E-state index contributed by atoms with van der Waals surface area (Å²) in [4.78, 5) is 13.1. The fraction of sp³-hybridized carbons (Fsp3) is 0.462. The maximum atomic E-state index is 10.9. The number of carboxylic acids is 1. The summed E-state index contributed by atoms with van der Waals surface area (Å²) in [7, 11) is 0. The predicted molar refractivity (Wildman–Crippen MR) is 63.8 cm³/mol. The molecule has 0 aromatic heterocycles. The minimum atomic E-state index is -0.703. The molecule has 0 saturated carbocycles. The lowest BCUT2D eigenvalue weighted by atomic mass is 10.1. The third kappa shape index (κ3) is 2.58. The molecule has 1 saturated heterocycles. The van der Waals surface area contributed by atoms with E-state index in [1.807, 2.05) is 12.1 Å². The second kappa shape index (κ2) is 4.75. The van der Waals surface area contributed by atoms with Crippen LogP contribution in [0.5, 0.6) is 5.75 Å². The van der Waals surface area contributed by atoms with Gasteiger partial charge < -0.3 is 10.2 Å². The van der Waals surface area contributed by atoms with Crippen LogP contribution in [0.2, 0.25) is 0 Å². The molecule has 1 fully saturated rings. The average Bonchev–Trinajstić information content (AvgIpc) is 2.78. The van der Waals surface area contributed by atoms with Crippen LogP contribution in [0.15, 0.2) is 24.3 Å². The number of benzene rings is 1. The molecule has 2 rings (SSSR count). The molecule has 0 aliphatic carbocycles. The highest BCUT2D eigenvalue weighted by Gasteiger charge is 2.30. The summed E-state index contributed by atoms with van der Waals surface area (Å²) >= 11 is 0. The highest BCUT2D eigenvalue weighted by Crippen LogP contribution is 2.28. The molecule has 1 aromatic carbocycles. The van der Waals surface area contributed by atoms with Gasteiger partial charge in [-0.2, -0.15) is 0 Å². The molecule has 4 heteroatoms. The number of aromatic hydroxyl groups is 1. The molecule has 0 bridgehead atoms. The molecule has 1 heterocycles. The number of carbonyl (C=O) groups is 1. The summed E-state index contributed by atoms with van der Waals surface area (Å²) in [5, 5.41) is 18.2. The van der Waals surface area contributed by atoms with Crippen molar-refractivity contribution in [3.8, 4) is 5.75 Å². The van der Waals surface area contributed by atoms with Crippen LogP contribution in [0.4, 0.5) is 0 Å². The van der Waals surface area contributed by atoms with E-state index < -0.39 is 5.97 Å². The van der Waals surface area contributed by atoms with Gasteiger partial charge in [0, 0.05) is 12.6 Å². The van der Waals surface area contributed by atoms with E-state index in [1.54, 1.807) is 12.1 Å². The third-order valence-corrected chi connectivity index (χ3v) is 3.49. The summed E-state index contributed by atoms with van der Waals surface area (Å²) in [5.74, 6) is -0.689. The molecule has 2 atom stereocenters. The fourth-order valence-electron chi connectivity index (χ4n) is 2.30. The van der Waals surface area contributed by atoms with E-state index in [1.165, 1.54) is 0 Å². The standard InChI is InChI=1S/C13H17NO3/c1-9(10-2-4-12(15)5-3-10)14-7-6-11(8-14)13(16)17/h2-5,9,11,15H,6-8H2,1H3,(H,16,17). The Bertz CT molecular complexity index is 402. The zero-order valence-electron chi connectivity index (χ0n) is 9.84. The Morgan fingerprint density at radius 1 is 1.41 bits per heavy atom. The number of phenols is 1. The second-order valence-electron chi connectivity index (χ2n) is 4.59. The lowest BCUT2D eigenvalue weighted by molar-refractivity contribution is -0.141. The van der Waals surface area contributed by atoms with Crippen molar-refractivity contribution in [3.63, 3.8) is 0 Å². The van der Waals surface area contributed by atoms with Gasteiger partial charge in [0.15, 0.2) is 0 Å². The predicted octanol–water partition coefficient (Wildman–Crippen LogP) is 1.86. The Morgan fingerprint density at radius 3 is 2.59 bits per heavy atom. The Hall–Kier alpha value is -1.55. The number of hydrogen-bond acceptors (Lipinski definition) is 3.